The maximum absolute atomic E-state index is 6.02. The number of fused-ring (bicyclic) bond motifs is 1. The van der Waals surface area contributed by atoms with Crippen LogP contribution >= 0.6 is 0 Å². The van der Waals surface area contributed by atoms with E-state index in [1.165, 1.54) is 0 Å². The van der Waals surface area contributed by atoms with E-state index in [0.29, 0.717) is 6.61 Å². The summed E-state index contributed by atoms with van der Waals surface area (Å²) in [6.45, 7) is 0.369. The van der Waals surface area contributed by atoms with Gasteiger partial charge in [0.05, 0.1) is 29.8 Å². The average molecular weight is 396 g/mol. The van der Waals surface area contributed by atoms with Crippen molar-refractivity contribution in [1.82, 2.24) is 29.5 Å². The van der Waals surface area contributed by atoms with Crippen molar-refractivity contribution in [3.8, 4) is 28.0 Å². The summed E-state index contributed by atoms with van der Waals surface area (Å²) in [5.74, 6) is 0.788. The highest BCUT2D eigenvalue weighted by molar-refractivity contribution is 5.92. The van der Waals surface area contributed by atoms with Crippen LogP contribution in [0.15, 0.2) is 73.4 Å². The van der Waals surface area contributed by atoms with Crippen molar-refractivity contribution in [3.05, 3.63) is 79.1 Å². The summed E-state index contributed by atoms with van der Waals surface area (Å²) in [5, 5.41) is 12.3. The van der Waals surface area contributed by atoms with Crippen molar-refractivity contribution < 1.29 is 4.74 Å². The topological polar surface area (TPSA) is 70.7 Å². The number of ether oxygens (including phenoxy) is 1. The van der Waals surface area contributed by atoms with Crippen LogP contribution in [0.2, 0.25) is 0 Å². The van der Waals surface area contributed by atoms with Gasteiger partial charge >= 0.3 is 0 Å². The molecular formula is C23H20N6O. The van der Waals surface area contributed by atoms with Crippen LogP contribution in [0.3, 0.4) is 0 Å². The van der Waals surface area contributed by atoms with Gasteiger partial charge in [0.15, 0.2) is 0 Å². The Morgan fingerprint density at radius 3 is 2.57 bits per heavy atom. The zero-order valence-corrected chi connectivity index (χ0v) is 16.7. The van der Waals surface area contributed by atoms with Crippen LogP contribution < -0.4 is 4.74 Å². The molecule has 3 aromatic heterocycles. The molecule has 0 saturated carbocycles. The lowest BCUT2D eigenvalue weighted by atomic mass is 10.0. The number of aryl methyl sites for hydroxylation is 2. The quantitative estimate of drug-likeness (QED) is 0.449. The molecule has 0 atom stereocenters. The highest BCUT2D eigenvalue weighted by Crippen LogP contribution is 2.29. The van der Waals surface area contributed by atoms with Crippen molar-refractivity contribution in [2.75, 3.05) is 0 Å². The van der Waals surface area contributed by atoms with Crippen LogP contribution in [0.4, 0.5) is 0 Å². The fourth-order valence-corrected chi connectivity index (χ4v) is 3.61. The van der Waals surface area contributed by atoms with E-state index in [-0.39, 0.29) is 0 Å². The molecule has 2 aromatic carbocycles. The van der Waals surface area contributed by atoms with Gasteiger partial charge in [-0.15, -0.1) is 0 Å². The molecule has 0 saturated heterocycles. The molecule has 3 heterocycles. The van der Waals surface area contributed by atoms with Crippen molar-refractivity contribution in [3.63, 3.8) is 0 Å². The molecular weight excluding hydrogens is 376 g/mol. The Hall–Kier alpha value is -4.00. The summed E-state index contributed by atoms with van der Waals surface area (Å²) in [4.78, 5) is 4.55. The van der Waals surface area contributed by atoms with Crippen molar-refractivity contribution in [1.29, 1.82) is 0 Å². The number of imidazole rings is 1. The van der Waals surface area contributed by atoms with Gasteiger partial charge in [-0.2, -0.15) is 15.3 Å². The Bertz CT molecular complexity index is 1310. The molecule has 5 rings (SSSR count). The lowest BCUT2D eigenvalue weighted by Gasteiger charge is -2.08. The van der Waals surface area contributed by atoms with E-state index in [1.807, 2.05) is 49.4 Å². The summed E-state index contributed by atoms with van der Waals surface area (Å²) in [7, 11) is 3.90. The molecule has 0 aliphatic heterocycles. The smallest absolute Gasteiger partial charge is 0.133 e. The van der Waals surface area contributed by atoms with E-state index in [4.69, 9.17) is 4.74 Å². The lowest BCUT2D eigenvalue weighted by Crippen LogP contribution is -1.99. The van der Waals surface area contributed by atoms with Crippen molar-refractivity contribution in [2.45, 2.75) is 6.61 Å². The third-order valence-electron chi connectivity index (χ3n) is 5.10. The number of aromatic nitrogens is 6. The third-order valence-corrected chi connectivity index (χ3v) is 5.10. The monoisotopic (exact) mass is 396 g/mol. The Morgan fingerprint density at radius 2 is 1.77 bits per heavy atom. The fraction of sp³-hybridized carbons (Fsp3) is 0.130. The molecule has 30 heavy (non-hydrogen) atoms. The van der Waals surface area contributed by atoms with Crippen LogP contribution in [-0.2, 0) is 20.7 Å². The van der Waals surface area contributed by atoms with Crippen LogP contribution in [0, 0.1) is 0 Å². The molecule has 0 fully saturated rings. The normalized spacial score (nSPS) is 11.1. The molecule has 0 aliphatic carbocycles. The van der Waals surface area contributed by atoms with E-state index in [0.717, 1.165) is 44.7 Å². The molecule has 148 valence electrons. The minimum Gasteiger partial charge on any atom is -0.487 e. The van der Waals surface area contributed by atoms with Gasteiger partial charge in [-0.05, 0) is 29.8 Å². The van der Waals surface area contributed by atoms with E-state index in [2.05, 4.69) is 50.6 Å². The van der Waals surface area contributed by atoms with Crippen molar-refractivity contribution >= 4 is 11.0 Å². The van der Waals surface area contributed by atoms with Gasteiger partial charge in [0.25, 0.3) is 0 Å². The molecule has 0 N–H and O–H groups in total. The first kappa shape index (κ1) is 18.1. The Balaban J connectivity index is 1.37. The Morgan fingerprint density at radius 1 is 0.900 bits per heavy atom. The third kappa shape index (κ3) is 3.30. The number of hydrogen-bond acceptors (Lipinski definition) is 5. The van der Waals surface area contributed by atoms with Gasteiger partial charge in [-0.3, -0.25) is 4.68 Å². The van der Waals surface area contributed by atoms with Crippen molar-refractivity contribution in [2.24, 2.45) is 14.1 Å². The first-order valence-corrected chi connectivity index (χ1v) is 9.62. The molecule has 0 bridgehead atoms. The zero-order valence-electron chi connectivity index (χ0n) is 16.7. The average Bonchev–Trinajstić information content (AvgIpc) is 3.36. The second kappa shape index (κ2) is 7.44. The minimum absolute atomic E-state index is 0.369. The molecule has 0 unspecified atom stereocenters. The minimum atomic E-state index is 0.369. The Kier molecular flexibility index (Phi) is 4.48. The first-order chi connectivity index (χ1) is 14.7. The number of hydrogen-bond donors (Lipinski definition) is 0. The van der Waals surface area contributed by atoms with Crippen LogP contribution in [0.5, 0.6) is 5.75 Å². The van der Waals surface area contributed by atoms with Crippen LogP contribution in [0.1, 0.15) is 5.69 Å². The van der Waals surface area contributed by atoms with E-state index in [1.54, 1.807) is 17.1 Å². The Labute approximate surface area is 173 Å². The first-order valence-electron chi connectivity index (χ1n) is 9.62. The summed E-state index contributed by atoms with van der Waals surface area (Å²) in [6.07, 6.45) is 7.21. The molecule has 0 radical (unpaired) electrons. The number of rotatable bonds is 5. The summed E-state index contributed by atoms with van der Waals surface area (Å²) in [5.41, 5.74) is 7.14. The molecule has 7 nitrogen and oxygen atoms in total. The lowest BCUT2D eigenvalue weighted by molar-refractivity contribution is 0.300. The van der Waals surface area contributed by atoms with Crippen LogP contribution in [-0.4, -0.2) is 29.5 Å². The number of nitrogens with zero attached hydrogens (tertiary/aromatic N) is 6. The van der Waals surface area contributed by atoms with Gasteiger partial charge < -0.3 is 9.30 Å². The summed E-state index contributed by atoms with van der Waals surface area (Å²) < 4.78 is 9.83. The zero-order chi connectivity index (χ0) is 20.5. The predicted octanol–water partition coefficient (Wildman–Crippen LogP) is 4.01. The second-order valence-electron chi connectivity index (χ2n) is 7.14. The SMILES string of the molecule is Cn1cc(-c2ccnnc2)c(COc2ccc(-c3cccc4c3ncn4C)cc2)n1. The highest BCUT2D eigenvalue weighted by atomic mass is 16.5. The predicted molar refractivity (Wildman–Crippen MR) is 115 cm³/mol. The van der Waals surface area contributed by atoms with E-state index >= 15 is 0 Å². The number of benzene rings is 2. The van der Waals surface area contributed by atoms with Gasteiger partial charge in [0.1, 0.15) is 18.1 Å². The van der Waals surface area contributed by atoms with Gasteiger partial charge in [-0.1, -0.05) is 24.3 Å². The van der Waals surface area contributed by atoms with E-state index < -0.39 is 0 Å². The van der Waals surface area contributed by atoms with Gasteiger partial charge in [0.2, 0.25) is 0 Å². The van der Waals surface area contributed by atoms with Gasteiger partial charge in [0, 0.05) is 37.0 Å². The van der Waals surface area contributed by atoms with E-state index in [9.17, 15) is 0 Å². The second-order valence-corrected chi connectivity index (χ2v) is 7.14. The number of para-hydroxylation sites is 1. The largest absolute Gasteiger partial charge is 0.487 e. The summed E-state index contributed by atoms with van der Waals surface area (Å²) >= 11 is 0. The molecule has 0 spiro atoms. The molecule has 0 aliphatic rings. The highest BCUT2D eigenvalue weighted by Gasteiger charge is 2.12. The molecule has 0 amide bonds. The molecule has 5 aromatic rings. The fourth-order valence-electron chi connectivity index (χ4n) is 3.61. The maximum Gasteiger partial charge on any atom is 0.133 e. The standard InChI is InChI=1S/C23H20N6O/c1-28-15-24-23-19(4-3-5-22(23)28)16-6-8-18(9-7-16)30-14-21-20(13-29(2)27-21)17-10-11-25-26-12-17/h3-13,15H,14H2,1-2H3. The molecule has 7 heteroatoms. The van der Waals surface area contributed by atoms with Crippen LogP contribution in [0.25, 0.3) is 33.3 Å². The summed E-state index contributed by atoms with van der Waals surface area (Å²) in [6, 6.07) is 16.2. The van der Waals surface area contributed by atoms with Gasteiger partial charge in [-0.25, -0.2) is 4.98 Å². The maximum atomic E-state index is 6.02.